The van der Waals surface area contributed by atoms with Crippen LogP contribution in [0, 0.1) is 0 Å². The summed E-state index contributed by atoms with van der Waals surface area (Å²) in [4.78, 5) is 28.7. The van der Waals surface area contributed by atoms with Gasteiger partial charge in [-0.2, -0.15) is 0 Å². The van der Waals surface area contributed by atoms with E-state index in [0.29, 0.717) is 35.2 Å². The van der Waals surface area contributed by atoms with Gasteiger partial charge in [0.05, 0.1) is 13.7 Å². The smallest absolute Gasteiger partial charge is 0.248 e. The van der Waals surface area contributed by atoms with Crippen LogP contribution in [0.1, 0.15) is 28.7 Å². The summed E-state index contributed by atoms with van der Waals surface area (Å²) in [5, 5.41) is 2.77. The minimum atomic E-state index is -0.286. The first kappa shape index (κ1) is 20.9. The van der Waals surface area contributed by atoms with Crippen molar-refractivity contribution < 1.29 is 19.1 Å². The van der Waals surface area contributed by atoms with E-state index in [0.717, 1.165) is 5.56 Å². The predicted molar refractivity (Wildman–Crippen MR) is 115 cm³/mol. The van der Waals surface area contributed by atoms with Crippen LogP contribution in [-0.2, 0) is 11.8 Å². The van der Waals surface area contributed by atoms with Gasteiger partial charge >= 0.3 is 0 Å². The Bertz CT molecular complexity index is 1070. The van der Waals surface area contributed by atoms with Crippen molar-refractivity contribution in [2.75, 3.05) is 19.0 Å². The number of carbonyl (C=O) groups excluding carboxylic acids is 2. The van der Waals surface area contributed by atoms with Crippen LogP contribution in [0.2, 0.25) is 0 Å². The van der Waals surface area contributed by atoms with Gasteiger partial charge in [-0.05, 0) is 55.0 Å². The number of nitrogens with one attached hydrogen (secondary N) is 1. The molecule has 0 atom stereocenters. The third-order valence-corrected chi connectivity index (χ3v) is 4.35. The van der Waals surface area contributed by atoms with Crippen molar-refractivity contribution in [3.63, 3.8) is 0 Å². The number of nitrogens with zero attached hydrogens (tertiary/aromatic N) is 2. The van der Waals surface area contributed by atoms with Crippen LogP contribution < -0.4 is 14.8 Å². The number of carbonyl (C=O) groups is 2. The molecule has 0 spiro atoms. The number of ether oxygens (including phenoxy) is 2. The van der Waals surface area contributed by atoms with Gasteiger partial charge in [0.1, 0.15) is 0 Å². The first-order valence-corrected chi connectivity index (χ1v) is 9.43. The van der Waals surface area contributed by atoms with Crippen molar-refractivity contribution in [2.45, 2.75) is 6.92 Å². The predicted octanol–water partition coefficient (Wildman–Crippen LogP) is 3.71. The van der Waals surface area contributed by atoms with E-state index >= 15 is 0 Å². The second kappa shape index (κ2) is 9.56. The number of ketones is 1. The molecule has 7 nitrogen and oxygen atoms in total. The molecule has 0 saturated heterocycles. The van der Waals surface area contributed by atoms with E-state index in [1.54, 1.807) is 73.6 Å². The Morgan fingerprint density at radius 1 is 1.13 bits per heavy atom. The molecule has 0 unspecified atom stereocenters. The van der Waals surface area contributed by atoms with Crippen molar-refractivity contribution in [3.05, 3.63) is 77.9 Å². The van der Waals surface area contributed by atoms with Crippen LogP contribution >= 0.6 is 0 Å². The Morgan fingerprint density at radius 3 is 2.53 bits per heavy atom. The molecule has 0 saturated carbocycles. The lowest BCUT2D eigenvalue weighted by Crippen LogP contribution is -2.10. The number of aromatic nitrogens is 2. The van der Waals surface area contributed by atoms with Gasteiger partial charge in [-0.25, -0.2) is 4.98 Å². The molecule has 0 aliphatic carbocycles. The zero-order chi connectivity index (χ0) is 21.5. The zero-order valence-electron chi connectivity index (χ0n) is 17.1. The summed E-state index contributed by atoms with van der Waals surface area (Å²) < 4.78 is 12.5. The minimum absolute atomic E-state index is 0.176. The monoisotopic (exact) mass is 405 g/mol. The third kappa shape index (κ3) is 4.94. The number of rotatable bonds is 8. The maximum absolute atomic E-state index is 12.4. The molecular formula is C23H23N3O4. The van der Waals surface area contributed by atoms with Crippen LogP contribution in [0.3, 0.4) is 0 Å². The van der Waals surface area contributed by atoms with Crippen molar-refractivity contribution in [1.29, 1.82) is 0 Å². The van der Waals surface area contributed by atoms with E-state index in [2.05, 4.69) is 10.3 Å². The van der Waals surface area contributed by atoms with Gasteiger partial charge in [0.2, 0.25) is 11.7 Å². The Hall–Kier alpha value is -3.87. The molecule has 2 aromatic carbocycles. The molecule has 3 aromatic rings. The van der Waals surface area contributed by atoms with Crippen LogP contribution in [0.15, 0.2) is 60.9 Å². The highest BCUT2D eigenvalue weighted by atomic mass is 16.5. The first-order valence-electron chi connectivity index (χ1n) is 9.43. The lowest BCUT2D eigenvalue weighted by atomic mass is 10.1. The topological polar surface area (TPSA) is 82.5 Å². The van der Waals surface area contributed by atoms with E-state index < -0.39 is 0 Å². The van der Waals surface area contributed by atoms with Gasteiger partial charge in [-0.15, -0.1) is 0 Å². The first-order chi connectivity index (χ1) is 14.5. The fourth-order valence-electron chi connectivity index (χ4n) is 2.84. The summed E-state index contributed by atoms with van der Waals surface area (Å²) in [5.41, 5.74) is 1.89. The number of imidazole rings is 1. The maximum atomic E-state index is 12.4. The van der Waals surface area contributed by atoms with Gasteiger partial charge in [0.25, 0.3) is 0 Å². The number of hydrogen-bond donors (Lipinski definition) is 1. The molecule has 0 radical (unpaired) electrons. The fourth-order valence-corrected chi connectivity index (χ4v) is 2.84. The van der Waals surface area contributed by atoms with Crippen molar-refractivity contribution in [2.24, 2.45) is 7.05 Å². The number of methoxy groups -OCH3 is 1. The van der Waals surface area contributed by atoms with E-state index in [1.807, 2.05) is 13.0 Å². The Morgan fingerprint density at radius 2 is 1.90 bits per heavy atom. The highest BCUT2D eigenvalue weighted by Crippen LogP contribution is 2.28. The molecular weight excluding hydrogens is 382 g/mol. The van der Waals surface area contributed by atoms with Crippen molar-refractivity contribution in [1.82, 2.24) is 9.55 Å². The molecule has 30 heavy (non-hydrogen) atoms. The minimum Gasteiger partial charge on any atom is -0.493 e. The summed E-state index contributed by atoms with van der Waals surface area (Å²) in [7, 11) is 3.33. The summed E-state index contributed by atoms with van der Waals surface area (Å²) in [5.74, 6) is 1.16. The number of aryl methyl sites for hydroxylation is 1. The number of anilines is 1. The van der Waals surface area contributed by atoms with Gasteiger partial charge in [-0.1, -0.05) is 6.07 Å². The van der Waals surface area contributed by atoms with Gasteiger partial charge in [0, 0.05) is 36.8 Å². The highest BCUT2D eigenvalue weighted by molar-refractivity contribution is 6.07. The third-order valence-electron chi connectivity index (χ3n) is 4.35. The average molecular weight is 405 g/mol. The Labute approximate surface area is 175 Å². The van der Waals surface area contributed by atoms with Crippen LogP contribution in [0.25, 0.3) is 6.08 Å². The molecule has 0 fully saturated rings. The van der Waals surface area contributed by atoms with Crippen LogP contribution in [0.4, 0.5) is 5.69 Å². The molecule has 154 valence electrons. The molecule has 1 heterocycles. The summed E-state index contributed by atoms with van der Waals surface area (Å²) in [6, 6.07) is 12.1. The van der Waals surface area contributed by atoms with Gasteiger partial charge < -0.3 is 19.4 Å². The fraction of sp³-hybridized carbons (Fsp3) is 0.174. The van der Waals surface area contributed by atoms with Crippen LogP contribution in [-0.4, -0.2) is 35.0 Å². The lowest BCUT2D eigenvalue weighted by Gasteiger charge is -2.09. The largest absolute Gasteiger partial charge is 0.493 e. The molecule has 1 aromatic heterocycles. The Balaban J connectivity index is 1.63. The number of benzene rings is 2. The Kier molecular flexibility index (Phi) is 6.64. The molecule has 0 aliphatic heterocycles. The van der Waals surface area contributed by atoms with Gasteiger partial charge in [-0.3, -0.25) is 9.59 Å². The van der Waals surface area contributed by atoms with Crippen molar-refractivity contribution in [3.8, 4) is 11.5 Å². The van der Waals surface area contributed by atoms with Crippen LogP contribution in [0.5, 0.6) is 11.5 Å². The van der Waals surface area contributed by atoms with E-state index in [1.165, 1.54) is 6.08 Å². The van der Waals surface area contributed by atoms with E-state index in [4.69, 9.17) is 9.47 Å². The molecule has 7 heteroatoms. The highest BCUT2D eigenvalue weighted by Gasteiger charge is 2.13. The number of hydrogen-bond acceptors (Lipinski definition) is 5. The quantitative estimate of drug-likeness (QED) is 0.456. The standard InChI is InChI=1S/C23H23N3O4/c1-4-30-19-11-5-16(15-20(19)29-3)6-12-21(27)25-18-9-7-17(8-10-18)22(28)23-24-13-14-26(23)2/h5-15H,4H2,1-3H3,(H,25,27)/b12-6+. The van der Waals surface area contributed by atoms with Crippen molar-refractivity contribution >= 4 is 23.5 Å². The maximum Gasteiger partial charge on any atom is 0.248 e. The SMILES string of the molecule is CCOc1ccc(/C=C/C(=O)Nc2ccc(C(=O)c3nccn3C)cc2)cc1OC. The summed E-state index contributed by atoms with van der Waals surface area (Å²) in [6.45, 7) is 2.44. The van der Waals surface area contributed by atoms with E-state index in [9.17, 15) is 9.59 Å². The second-order valence-corrected chi connectivity index (χ2v) is 6.43. The lowest BCUT2D eigenvalue weighted by molar-refractivity contribution is -0.111. The molecule has 1 N–H and O–H groups in total. The summed E-state index contributed by atoms with van der Waals surface area (Å²) >= 11 is 0. The molecule has 0 bridgehead atoms. The molecule has 3 rings (SSSR count). The zero-order valence-corrected chi connectivity index (χ0v) is 17.1. The van der Waals surface area contributed by atoms with Gasteiger partial charge in [0.15, 0.2) is 17.3 Å². The molecule has 0 aliphatic rings. The summed E-state index contributed by atoms with van der Waals surface area (Å²) in [6.07, 6.45) is 6.41. The van der Waals surface area contributed by atoms with E-state index in [-0.39, 0.29) is 11.7 Å². The average Bonchev–Trinajstić information content (AvgIpc) is 3.19. The molecule has 1 amide bonds. The second-order valence-electron chi connectivity index (χ2n) is 6.43. The number of amides is 1. The normalized spacial score (nSPS) is 10.8.